The number of rotatable bonds is 3. The molecule has 2 heteroatoms. The van der Waals surface area contributed by atoms with Crippen LogP contribution in [0.4, 0.5) is 0 Å². The minimum Gasteiger partial charge on any atom is -0.361 e. The van der Waals surface area contributed by atoms with Gasteiger partial charge in [0.05, 0.1) is 0 Å². The van der Waals surface area contributed by atoms with E-state index in [-0.39, 0.29) is 0 Å². The van der Waals surface area contributed by atoms with Gasteiger partial charge in [0.1, 0.15) is 0 Å². The smallest absolute Gasteiger partial charge is 0.0457 e. The van der Waals surface area contributed by atoms with Crippen LogP contribution in [0.25, 0.3) is 10.9 Å². The maximum absolute atomic E-state index is 6.06. The Morgan fingerprint density at radius 1 is 1.33 bits per heavy atom. The number of nitrogens with two attached hydrogens (primary N) is 1. The maximum atomic E-state index is 6.06. The standard InChI is InChI=1S/C16H22N2/c1-11-6-7-16-13(8-11)15(10-18-16)14(9-17)12-4-2-3-5-12/h6-8,10,12,14,18H,2-5,9,17H2,1H3. The first-order valence-electron chi connectivity index (χ1n) is 7.07. The second-order valence-electron chi connectivity index (χ2n) is 5.68. The number of nitrogens with one attached hydrogen (secondary N) is 1. The Morgan fingerprint density at radius 2 is 2.11 bits per heavy atom. The Kier molecular flexibility index (Phi) is 3.13. The summed E-state index contributed by atoms with van der Waals surface area (Å²) in [4.78, 5) is 3.40. The van der Waals surface area contributed by atoms with Crippen LogP contribution in [0.15, 0.2) is 24.4 Å². The lowest BCUT2D eigenvalue weighted by molar-refractivity contribution is 0.442. The Hall–Kier alpha value is -1.28. The molecule has 3 N–H and O–H groups in total. The Balaban J connectivity index is 2.03. The molecule has 0 bridgehead atoms. The molecule has 1 aliphatic carbocycles. The van der Waals surface area contributed by atoms with Crippen LogP contribution in [0, 0.1) is 12.8 Å². The van der Waals surface area contributed by atoms with Gasteiger partial charge in [0.25, 0.3) is 0 Å². The summed E-state index contributed by atoms with van der Waals surface area (Å²) in [7, 11) is 0. The lowest BCUT2D eigenvalue weighted by Gasteiger charge is -2.21. The largest absolute Gasteiger partial charge is 0.361 e. The summed E-state index contributed by atoms with van der Waals surface area (Å²) >= 11 is 0. The molecule has 1 aliphatic rings. The summed E-state index contributed by atoms with van der Waals surface area (Å²) in [6, 6.07) is 6.63. The molecule has 2 aromatic rings. The minimum absolute atomic E-state index is 0.531. The number of hydrogen-bond donors (Lipinski definition) is 2. The first-order valence-corrected chi connectivity index (χ1v) is 7.07. The van der Waals surface area contributed by atoms with Gasteiger partial charge in [-0.2, -0.15) is 0 Å². The first-order chi connectivity index (χ1) is 8.79. The van der Waals surface area contributed by atoms with Gasteiger partial charge in [0.2, 0.25) is 0 Å². The number of H-pyrrole nitrogens is 1. The van der Waals surface area contributed by atoms with E-state index in [2.05, 4.69) is 36.3 Å². The van der Waals surface area contributed by atoms with Gasteiger partial charge in [-0.25, -0.2) is 0 Å². The Morgan fingerprint density at radius 3 is 2.83 bits per heavy atom. The van der Waals surface area contributed by atoms with Crippen molar-refractivity contribution in [3.8, 4) is 0 Å². The van der Waals surface area contributed by atoms with E-state index in [4.69, 9.17) is 5.73 Å². The molecule has 3 rings (SSSR count). The molecular formula is C16H22N2. The fourth-order valence-corrected chi connectivity index (χ4v) is 3.50. The normalized spacial score (nSPS) is 18.6. The third-order valence-electron chi connectivity index (χ3n) is 4.49. The summed E-state index contributed by atoms with van der Waals surface area (Å²) in [5, 5.41) is 1.37. The highest BCUT2D eigenvalue weighted by molar-refractivity contribution is 5.84. The number of fused-ring (bicyclic) bond motifs is 1. The van der Waals surface area contributed by atoms with Crippen LogP contribution >= 0.6 is 0 Å². The molecule has 0 spiro atoms. The number of aromatic nitrogens is 1. The molecule has 1 fully saturated rings. The molecule has 0 amide bonds. The molecule has 1 saturated carbocycles. The summed E-state index contributed by atoms with van der Waals surface area (Å²) in [5.74, 6) is 1.32. The zero-order chi connectivity index (χ0) is 12.5. The fraction of sp³-hybridized carbons (Fsp3) is 0.500. The van der Waals surface area contributed by atoms with Crippen LogP contribution in [-0.2, 0) is 0 Å². The van der Waals surface area contributed by atoms with Crippen LogP contribution in [-0.4, -0.2) is 11.5 Å². The van der Waals surface area contributed by atoms with E-state index < -0.39 is 0 Å². The van der Waals surface area contributed by atoms with Gasteiger partial charge in [-0.1, -0.05) is 24.5 Å². The highest BCUT2D eigenvalue weighted by atomic mass is 14.7. The molecule has 0 radical (unpaired) electrons. The van der Waals surface area contributed by atoms with Gasteiger partial charge in [0, 0.05) is 23.0 Å². The number of aromatic amines is 1. The van der Waals surface area contributed by atoms with E-state index in [0.717, 1.165) is 12.5 Å². The van der Waals surface area contributed by atoms with E-state index >= 15 is 0 Å². The highest BCUT2D eigenvalue weighted by Crippen LogP contribution is 2.39. The monoisotopic (exact) mass is 242 g/mol. The summed E-state index contributed by atoms with van der Waals surface area (Å²) < 4.78 is 0. The summed E-state index contributed by atoms with van der Waals surface area (Å²) in [5.41, 5.74) is 10.1. The van der Waals surface area contributed by atoms with Crippen molar-refractivity contribution < 1.29 is 0 Å². The molecule has 1 heterocycles. The van der Waals surface area contributed by atoms with Crippen molar-refractivity contribution in [3.05, 3.63) is 35.5 Å². The van der Waals surface area contributed by atoms with Crippen molar-refractivity contribution in [2.75, 3.05) is 6.54 Å². The van der Waals surface area contributed by atoms with Crippen molar-refractivity contribution in [3.63, 3.8) is 0 Å². The molecular weight excluding hydrogens is 220 g/mol. The molecule has 1 aromatic heterocycles. The van der Waals surface area contributed by atoms with Crippen molar-refractivity contribution >= 4 is 10.9 Å². The Labute approximate surface area is 109 Å². The average molecular weight is 242 g/mol. The van der Waals surface area contributed by atoms with Crippen LogP contribution in [0.2, 0.25) is 0 Å². The molecule has 18 heavy (non-hydrogen) atoms. The molecule has 1 unspecified atom stereocenters. The Bertz CT molecular complexity index is 535. The molecule has 96 valence electrons. The predicted molar refractivity (Wildman–Crippen MR) is 76.8 cm³/mol. The lowest BCUT2D eigenvalue weighted by atomic mass is 9.84. The first kappa shape index (κ1) is 11.8. The molecule has 1 aromatic carbocycles. The lowest BCUT2D eigenvalue weighted by Crippen LogP contribution is -2.19. The molecule has 0 aliphatic heterocycles. The van der Waals surface area contributed by atoms with E-state index in [1.165, 1.54) is 47.7 Å². The summed E-state index contributed by atoms with van der Waals surface area (Å²) in [6.07, 6.45) is 7.63. The number of aryl methyl sites for hydroxylation is 1. The summed E-state index contributed by atoms with van der Waals surface area (Å²) in [6.45, 7) is 2.93. The SMILES string of the molecule is Cc1ccc2[nH]cc(C(CN)C3CCCC3)c2c1. The maximum Gasteiger partial charge on any atom is 0.0457 e. The third-order valence-corrected chi connectivity index (χ3v) is 4.49. The second kappa shape index (κ2) is 4.77. The van der Waals surface area contributed by atoms with Gasteiger partial charge >= 0.3 is 0 Å². The zero-order valence-electron chi connectivity index (χ0n) is 11.1. The number of benzene rings is 1. The quantitative estimate of drug-likeness (QED) is 0.846. The van der Waals surface area contributed by atoms with Gasteiger partial charge in [0.15, 0.2) is 0 Å². The fourth-order valence-electron chi connectivity index (χ4n) is 3.50. The van der Waals surface area contributed by atoms with Gasteiger partial charge in [-0.3, -0.25) is 0 Å². The van der Waals surface area contributed by atoms with E-state index in [9.17, 15) is 0 Å². The van der Waals surface area contributed by atoms with Gasteiger partial charge in [-0.15, -0.1) is 0 Å². The van der Waals surface area contributed by atoms with E-state index in [1.807, 2.05) is 0 Å². The van der Waals surface area contributed by atoms with Crippen LogP contribution in [0.5, 0.6) is 0 Å². The third kappa shape index (κ3) is 1.95. The van der Waals surface area contributed by atoms with E-state index in [0.29, 0.717) is 5.92 Å². The van der Waals surface area contributed by atoms with Crippen molar-refractivity contribution in [1.29, 1.82) is 0 Å². The number of hydrogen-bond acceptors (Lipinski definition) is 1. The van der Waals surface area contributed by atoms with E-state index in [1.54, 1.807) is 0 Å². The average Bonchev–Trinajstić information content (AvgIpc) is 3.01. The predicted octanol–water partition coefficient (Wildman–Crippen LogP) is 3.71. The van der Waals surface area contributed by atoms with Crippen LogP contribution in [0.1, 0.15) is 42.7 Å². The van der Waals surface area contributed by atoms with Gasteiger partial charge < -0.3 is 10.7 Å². The zero-order valence-corrected chi connectivity index (χ0v) is 11.1. The molecule has 0 saturated heterocycles. The molecule has 1 atom stereocenters. The van der Waals surface area contributed by atoms with Crippen LogP contribution < -0.4 is 5.73 Å². The van der Waals surface area contributed by atoms with Crippen molar-refractivity contribution in [2.45, 2.75) is 38.5 Å². The van der Waals surface area contributed by atoms with Gasteiger partial charge in [-0.05, 0) is 49.9 Å². The topological polar surface area (TPSA) is 41.8 Å². The van der Waals surface area contributed by atoms with Crippen molar-refractivity contribution in [2.24, 2.45) is 11.7 Å². The second-order valence-corrected chi connectivity index (χ2v) is 5.68. The minimum atomic E-state index is 0.531. The van der Waals surface area contributed by atoms with Crippen molar-refractivity contribution in [1.82, 2.24) is 4.98 Å². The van der Waals surface area contributed by atoms with Crippen LogP contribution in [0.3, 0.4) is 0 Å². The molecule has 2 nitrogen and oxygen atoms in total. The highest BCUT2D eigenvalue weighted by Gasteiger charge is 2.26.